The highest BCUT2D eigenvalue weighted by molar-refractivity contribution is 5.95. The molecule has 1 aliphatic heterocycles. The molecule has 130 valence electrons. The molecule has 2 heterocycles. The molecule has 1 fully saturated rings. The van der Waals surface area contributed by atoms with E-state index in [1.165, 1.54) is 0 Å². The van der Waals surface area contributed by atoms with Crippen molar-refractivity contribution >= 4 is 17.8 Å². The summed E-state index contributed by atoms with van der Waals surface area (Å²) in [4.78, 5) is 30.0. The number of rotatable bonds is 7. The van der Waals surface area contributed by atoms with Gasteiger partial charge in [-0.3, -0.25) is 15.0 Å². The number of carbonyl (C=O) groups excluding carboxylic acids is 2. The molecule has 1 saturated heterocycles. The Bertz CT molecular complexity index is 590. The molecule has 0 aromatic carbocycles. The highest BCUT2D eigenvalue weighted by Gasteiger charge is 2.26. The standard InChI is InChI=1S/C17H25N5O2/c1-3-9-18-17(24)21-16(23)12-22-10-5-7-14(22)11-19-15-8-4-6-13(2)20-15/h3-4,6,8,14H,1,5,7,9-12H2,2H3,(H,19,20)(H2,18,21,23,24)/t14-/m0/s1. The number of hydrogen-bond acceptors (Lipinski definition) is 5. The first-order valence-electron chi connectivity index (χ1n) is 8.18. The van der Waals surface area contributed by atoms with Crippen molar-refractivity contribution in [3.8, 4) is 0 Å². The van der Waals surface area contributed by atoms with Crippen molar-refractivity contribution in [2.75, 3.05) is 31.5 Å². The summed E-state index contributed by atoms with van der Waals surface area (Å²) in [6.07, 6.45) is 3.63. The summed E-state index contributed by atoms with van der Waals surface area (Å²) in [6.45, 7) is 7.60. The van der Waals surface area contributed by atoms with Crippen molar-refractivity contribution in [1.82, 2.24) is 20.5 Å². The van der Waals surface area contributed by atoms with Crippen LogP contribution in [0.4, 0.5) is 10.6 Å². The first kappa shape index (κ1) is 17.9. The van der Waals surface area contributed by atoms with Crippen LogP contribution in [0, 0.1) is 6.92 Å². The minimum atomic E-state index is -0.488. The fourth-order valence-electron chi connectivity index (χ4n) is 2.76. The van der Waals surface area contributed by atoms with E-state index in [0.29, 0.717) is 6.54 Å². The second-order valence-electron chi connectivity index (χ2n) is 5.86. The number of carbonyl (C=O) groups is 2. The Labute approximate surface area is 142 Å². The molecule has 7 heteroatoms. The van der Waals surface area contributed by atoms with Gasteiger partial charge in [-0.15, -0.1) is 6.58 Å². The number of urea groups is 1. The molecular weight excluding hydrogens is 306 g/mol. The first-order chi connectivity index (χ1) is 11.6. The van der Waals surface area contributed by atoms with Gasteiger partial charge < -0.3 is 10.6 Å². The molecule has 0 saturated carbocycles. The molecule has 3 amide bonds. The Morgan fingerprint density at radius 3 is 3.04 bits per heavy atom. The number of aromatic nitrogens is 1. The lowest BCUT2D eigenvalue weighted by atomic mass is 10.2. The number of anilines is 1. The molecule has 2 rings (SSSR count). The second kappa shape index (κ2) is 9.02. The average Bonchev–Trinajstić information content (AvgIpc) is 2.98. The van der Waals surface area contributed by atoms with Crippen molar-refractivity contribution in [3.63, 3.8) is 0 Å². The third-order valence-corrected chi connectivity index (χ3v) is 3.91. The maximum Gasteiger partial charge on any atom is 0.321 e. The fourth-order valence-corrected chi connectivity index (χ4v) is 2.76. The average molecular weight is 331 g/mol. The summed E-state index contributed by atoms with van der Waals surface area (Å²) in [5, 5.41) is 8.18. The molecule has 3 N–H and O–H groups in total. The quantitative estimate of drug-likeness (QED) is 0.655. The Morgan fingerprint density at radius 2 is 2.29 bits per heavy atom. The molecule has 1 aromatic heterocycles. The molecule has 0 radical (unpaired) electrons. The van der Waals surface area contributed by atoms with E-state index < -0.39 is 6.03 Å². The Morgan fingerprint density at radius 1 is 1.46 bits per heavy atom. The van der Waals surface area contributed by atoms with Gasteiger partial charge in [-0.1, -0.05) is 12.1 Å². The van der Waals surface area contributed by atoms with E-state index in [2.05, 4.69) is 32.4 Å². The molecule has 1 aromatic rings. The highest BCUT2D eigenvalue weighted by Crippen LogP contribution is 2.17. The smallest absolute Gasteiger partial charge is 0.321 e. The normalized spacial score (nSPS) is 17.3. The van der Waals surface area contributed by atoms with E-state index in [0.717, 1.165) is 37.4 Å². The van der Waals surface area contributed by atoms with Crippen LogP contribution >= 0.6 is 0 Å². The molecule has 0 aliphatic carbocycles. The number of pyridine rings is 1. The van der Waals surface area contributed by atoms with Gasteiger partial charge >= 0.3 is 6.03 Å². The Balaban J connectivity index is 1.78. The molecule has 7 nitrogen and oxygen atoms in total. The van der Waals surface area contributed by atoms with Crippen LogP contribution in [0.25, 0.3) is 0 Å². The van der Waals surface area contributed by atoms with E-state index in [1.807, 2.05) is 25.1 Å². The van der Waals surface area contributed by atoms with Crippen molar-refractivity contribution in [2.24, 2.45) is 0 Å². The van der Waals surface area contributed by atoms with Gasteiger partial charge in [0.1, 0.15) is 5.82 Å². The number of hydrogen-bond donors (Lipinski definition) is 3. The van der Waals surface area contributed by atoms with Crippen LogP contribution in [0.15, 0.2) is 30.9 Å². The van der Waals surface area contributed by atoms with Gasteiger partial charge in [-0.25, -0.2) is 9.78 Å². The highest BCUT2D eigenvalue weighted by atomic mass is 16.2. The minimum absolute atomic E-state index is 0.217. The zero-order chi connectivity index (χ0) is 17.4. The zero-order valence-electron chi connectivity index (χ0n) is 14.0. The maximum atomic E-state index is 12.0. The summed E-state index contributed by atoms with van der Waals surface area (Å²) in [5.74, 6) is 0.548. The number of imide groups is 1. The lowest BCUT2D eigenvalue weighted by Gasteiger charge is -2.24. The van der Waals surface area contributed by atoms with Gasteiger partial charge in [0.25, 0.3) is 0 Å². The predicted octanol–water partition coefficient (Wildman–Crippen LogP) is 1.28. The zero-order valence-corrected chi connectivity index (χ0v) is 14.0. The van der Waals surface area contributed by atoms with E-state index in [1.54, 1.807) is 6.08 Å². The topological polar surface area (TPSA) is 86.4 Å². The van der Waals surface area contributed by atoms with Crippen LogP contribution in [-0.2, 0) is 4.79 Å². The number of amides is 3. The molecule has 0 spiro atoms. The number of likely N-dealkylation sites (tertiary alicyclic amines) is 1. The van der Waals surface area contributed by atoms with Crippen molar-refractivity contribution in [2.45, 2.75) is 25.8 Å². The summed E-state index contributed by atoms with van der Waals surface area (Å²) >= 11 is 0. The van der Waals surface area contributed by atoms with Gasteiger partial charge in [0.15, 0.2) is 0 Å². The van der Waals surface area contributed by atoms with Gasteiger partial charge in [0.2, 0.25) is 5.91 Å². The van der Waals surface area contributed by atoms with Gasteiger partial charge in [0.05, 0.1) is 6.54 Å². The molecule has 1 atom stereocenters. The summed E-state index contributed by atoms with van der Waals surface area (Å²) in [6, 6.07) is 5.62. The summed E-state index contributed by atoms with van der Waals surface area (Å²) in [7, 11) is 0. The van der Waals surface area contributed by atoms with Crippen LogP contribution < -0.4 is 16.0 Å². The van der Waals surface area contributed by atoms with Gasteiger partial charge in [-0.05, 0) is 38.4 Å². The van der Waals surface area contributed by atoms with Crippen molar-refractivity contribution in [1.29, 1.82) is 0 Å². The van der Waals surface area contributed by atoms with E-state index in [9.17, 15) is 9.59 Å². The van der Waals surface area contributed by atoms with Crippen LogP contribution in [0.2, 0.25) is 0 Å². The first-order valence-corrected chi connectivity index (χ1v) is 8.18. The van der Waals surface area contributed by atoms with Gasteiger partial charge in [-0.2, -0.15) is 0 Å². The summed E-state index contributed by atoms with van der Waals surface area (Å²) < 4.78 is 0. The van der Waals surface area contributed by atoms with Crippen LogP contribution in [0.3, 0.4) is 0 Å². The maximum absolute atomic E-state index is 12.0. The predicted molar refractivity (Wildman–Crippen MR) is 93.8 cm³/mol. The lowest BCUT2D eigenvalue weighted by molar-refractivity contribution is -0.121. The summed E-state index contributed by atoms with van der Waals surface area (Å²) in [5.41, 5.74) is 0.966. The van der Waals surface area contributed by atoms with Gasteiger partial charge in [0, 0.05) is 24.8 Å². The SMILES string of the molecule is C=CCNC(=O)NC(=O)CN1CCC[C@H]1CNc1cccc(C)n1. The lowest BCUT2D eigenvalue weighted by Crippen LogP contribution is -2.46. The number of nitrogens with one attached hydrogen (secondary N) is 3. The van der Waals surface area contributed by atoms with E-state index in [-0.39, 0.29) is 18.5 Å². The number of aryl methyl sites for hydroxylation is 1. The van der Waals surface area contributed by atoms with Crippen molar-refractivity contribution < 1.29 is 9.59 Å². The Kier molecular flexibility index (Phi) is 6.74. The van der Waals surface area contributed by atoms with Crippen LogP contribution in [-0.4, -0.2) is 54.0 Å². The Hall–Kier alpha value is -2.41. The van der Waals surface area contributed by atoms with Crippen LogP contribution in [0.5, 0.6) is 0 Å². The monoisotopic (exact) mass is 331 g/mol. The van der Waals surface area contributed by atoms with Crippen LogP contribution in [0.1, 0.15) is 18.5 Å². The van der Waals surface area contributed by atoms with E-state index >= 15 is 0 Å². The molecular formula is C17H25N5O2. The molecule has 0 bridgehead atoms. The fraction of sp³-hybridized carbons (Fsp3) is 0.471. The molecule has 1 aliphatic rings. The third-order valence-electron chi connectivity index (χ3n) is 3.91. The largest absolute Gasteiger partial charge is 0.368 e. The van der Waals surface area contributed by atoms with Crippen molar-refractivity contribution in [3.05, 3.63) is 36.5 Å². The number of nitrogens with zero attached hydrogens (tertiary/aromatic N) is 2. The molecule has 24 heavy (non-hydrogen) atoms. The minimum Gasteiger partial charge on any atom is -0.368 e. The third kappa shape index (κ3) is 5.66. The second-order valence-corrected chi connectivity index (χ2v) is 5.86. The molecule has 0 unspecified atom stereocenters. The van der Waals surface area contributed by atoms with E-state index in [4.69, 9.17) is 0 Å².